The number of nitrogens with one attached hydrogen (secondary N) is 1. The minimum atomic E-state index is -0.264. The molecule has 0 saturated carbocycles. The highest BCUT2D eigenvalue weighted by molar-refractivity contribution is 5.77. The summed E-state index contributed by atoms with van der Waals surface area (Å²) in [5, 5.41) is 2.87. The van der Waals surface area contributed by atoms with Gasteiger partial charge in [-0.25, -0.2) is 9.18 Å². The SMILES string of the molecule is CCCNC(=O)N1CCCN(C(=O)CCc2ccccc2F)CC1. The molecule has 0 bridgehead atoms. The van der Waals surface area contributed by atoms with Gasteiger partial charge in [-0.2, -0.15) is 0 Å². The first-order valence-corrected chi connectivity index (χ1v) is 8.65. The summed E-state index contributed by atoms with van der Waals surface area (Å²) >= 11 is 0. The van der Waals surface area contributed by atoms with Crippen molar-refractivity contribution in [3.8, 4) is 0 Å². The van der Waals surface area contributed by atoms with Crippen molar-refractivity contribution in [3.63, 3.8) is 0 Å². The number of halogens is 1. The van der Waals surface area contributed by atoms with E-state index in [-0.39, 0.29) is 17.8 Å². The number of amides is 3. The number of hydrogen-bond donors (Lipinski definition) is 1. The summed E-state index contributed by atoms with van der Waals surface area (Å²) in [6.45, 7) is 5.07. The van der Waals surface area contributed by atoms with Crippen molar-refractivity contribution in [1.29, 1.82) is 0 Å². The summed E-state index contributed by atoms with van der Waals surface area (Å²) in [5.41, 5.74) is 0.571. The third-order valence-electron chi connectivity index (χ3n) is 4.23. The molecule has 3 amide bonds. The molecule has 0 aromatic heterocycles. The van der Waals surface area contributed by atoms with E-state index in [2.05, 4.69) is 5.32 Å². The average Bonchev–Trinajstić information content (AvgIpc) is 2.85. The van der Waals surface area contributed by atoms with Gasteiger partial charge < -0.3 is 15.1 Å². The largest absolute Gasteiger partial charge is 0.341 e. The Morgan fingerprint density at radius 2 is 1.83 bits per heavy atom. The van der Waals surface area contributed by atoms with Crippen LogP contribution in [0.2, 0.25) is 0 Å². The molecule has 1 aromatic carbocycles. The van der Waals surface area contributed by atoms with Gasteiger partial charge in [0.1, 0.15) is 5.82 Å². The summed E-state index contributed by atoms with van der Waals surface area (Å²) < 4.78 is 13.6. The van der Waals surface area contributed by atoms with E-state index in [1.165, 1.54) is 6.07 Å². The predicted molar refractivity (Wildman–Crippen MR) is 91.2 cm³/mol. The summed E-state index contributed by atoms with van der Waals surface area (Å²) in [4.78, 5) is 27.9. The van der Waals surface area contributed by atoms with Gasteiger partial charge in [0.05, 0.1) is 0 Å². The molecule has 1 aromatic rings. The average molecular weight is 335 g/mol. The number of carbonyl (C=O) groups excluding carboxylic acids is 2. The first kappa shape index (κ1) is 18.2. The van der Waals surface area contributed by atoms with E-state index < -0.39 is 0 Å². The zero-order valence-corrected chi connectivity index (χ0v) is 14.3. The molecule has 2 rings (SSSR count). The van der Waals surface area contributed by atoms with Gasteiger partial charge in [-0.05, 0) is 30.9 Å². The highest BCUT2D eigenvalue weighted by Gasteiger charge is 2.21. The van der Waals surface area contributed by atoms with Crippen molar-refractivity contribution in [3.05, 3.63) is 35.6 Å². The third kappa shape index (κ3) is 5.22. The van der Waals surface area contributed by atoms with Crippen molar-refractivity contribution in [2.24, 2.45) is 0 Å². The molecule has 6 heteroatoms. The highest BCUT2D eigenvalue weighted by Crippen LogP contribution is 2.11. The minimum absolute atomic E-state index is 0.0223. The van der Waals surface area contributed by atoms with Crippen molar-refractivity contribution in [1.82, 2.24) is 15.1 Å². The summed E-state index contributed by atoms with van der Waals surface area (Å²) in [5.74, 6) is -0.242. The van der Waals surface area contributed by atoms with Crippen LogP contribution in [0.15, 0.2) is 24.3 Å². The molecular formula is C18H26FN3O2. The summed E-state index contributed by atoms with van der Waals surface area (Å²) in [7, 11) is 0. The lowest BCUT2D eigenvalue weighted by atomic mass is 10.1. The van der Waals surface area contributed by atoms with Gasteiger partial charge in [-0.3, -0.25) is 4.79 Å². The smallest absolute Gasteiger partial charge is 0.317 e. The van der Waals surface area contributed by atoms with Crippen LogP contribution in [-0.4, -0.2) is 54.5 Å². The fourth-order valence-corrected chi connectivity index (χ4v) is 2.81. The van der Waals surface area contributed by atoms with Crippen LogP contribution in [0, 0.1) is 5.82 Å². The van der Waals surface area contributed by atoms with Crippen LogP contribution in [0.1, 0.15) is 31.7 Å². The van der Waals surface area contributed by atoms with Crippen molar-refractivity contribution in [2.75, 3.05) is 32.7 Å². The molecule has 1 aliphatic heterocycles. The maximum Gasteiger partial charge on any atom is 0.317 e. The molecule has 1 fully saturated rings. The van der Waals surface area contributed by atoms with Gasteiger partial charge in [0.25, 0.3) is 0 Å². The maximum atomic E-state index is 13.6. The Morgan fingerprint density at radius 1 is 1.12 bits per heavy atom. The molecule has 0 atom stereocenters. The molecule has 0 spiro atoms. The van der Waals surface area contributed by atoms with Crippen LogP contribution in [-0.2, 0) is 11.2 Å². The summed E-state index contributed by atoms with van der Waals surface area (Å²) in [6.07, 6.45) is 2.37. The number of carbonyl (C=O) groups is 2. The van der Waals surface area contributed by atoms with E-state index in [1.54, 1.807) is 28.0 Å². The quantitative estimate of drug-likeness (QED) is 0.898. The molecular weight excluding hydrogens is 309 g/mol. The van der Waals surface area contributed by atoms with Crippen LogP contribution in [0.4, 0.5) is 9.18 Å². The van der Waals surface area contributed by atoms with E-state index >= 15 is 0 Å². The molecule has 1 saturated heterocycles. The standard InChI is InChI=1S/C18H26FN3O2/c1-2-10-20-18(24)22-12-5-11-21(13-14-22)17(23)9-8-15-6-3-4-7-16(15)19/h3-4,6-7H,2,5,8-14H2,1H3,(H,20,24). The van der Waals surface area contributed by atoms with Crippen molar-refractivity contribution in [2.45, 2.75) is 32.6 Å². The molecule has 1 N–H and O–H groups in total. The molecule has 24 heavy (non-hydrogen) atoms. The van der Waals surface area contributed by atoms with Gasteiger partial charge in [0.2, 0.25) is 5.91 Å². The first-order valence-electron chi connectivity index (χ1n) is 8.65. The van der Waals surface area contributed by atoms with Gasteiger partial charge in [-0.15, -0.1) is 0 Å². The highest BCUT2D eigenvalue weighted by atomic mass is 19.1. The number of nitrogens with zero attached hydrogens (tertiary/aromatic N) is 2. The number of rotatable bonds is 5. The van der Waals surface area contributed by atoms with Crippen LogP contribution in [0.5, 0.6) is 0 Å². The fourth-order valence-electron chi connectivity index (χ4n) is 2.81. The zero-order valence-electron chi connectivity index (χ0n) is 14.3. The molecule has 1 aliphatic rings. The molecule has 1 heterocycles. The minimum Gasteiger partial charge on any atom is -0.341 e. The van der Waals surface area contributed by atoms with Crippen molar-refractivity contribution < 1.29 is 14.0 Å². The number of urea groups is 1. The Hall–Kier alpha value is -2.11. The number of aryl methyl sites for hydroxylation is 1. The Morgan fingerprint density at radius 3 is 2.58 bits per heavy atom. The van der Waals surface area contributed by atoms with Gasteiger partial charge in [0, 0.05) is 39.1 Å². The van der Waals surface area contributed by atoms with Crippen LogP contribution in [0.25, 0.3) is 0 Å². The molecule has 132 valence electrons. The monoisotopic (exact) mass is 335 g/mol. The van der Waals surface area contributed by atoms with E-state index in [0.717, 1.165) is 12.8 Å². The van der Waals surface area contributed by atoms with Gasteiger partial charge in [-0.1, -0.05) is 25.1 Å². The summed E-state index contributed by atoms with van der Waals surface area (Å²) in [6, 6.07) is 6.50. The topological polar surface area (TPSA) is 52.7 Å². The van der Waals surface area contributed by atoms with Gasteiger partial charge in [0.15, 0.2) is 0 Å². The second-order valence-electron chi connectivity index (χ2n) is 6.04. The predicted octanol–water partition coefficient (Wildman–Crippen LogP) is 2.41. The van der Waals surface area contributed by atoms with Gasteiger partial charge >= 0.3 is 6.03 Å². The molecule has 0 aliphatic carbocycles. The van der Waals surface area contributed by atoms with E-state index in [1.807, 2.05) is 6.92 Å². The Labute approximate surface area is 142 Å². The van der Waals surface area contributed by atoms with E-state index in [9.17, 15) is 14.0 Å². The lowest BCUT2D eigenvalue weighted by Gasteiger charge is -2.22. The first-order chi connectivity index (χ1) is 11.6. The Bertz CT molecular complexity index is 565. The van der Waals surface area contributed by atoms with Crippen molar-refractivity contribution >= 4 is 11.9 Å². The lowest BCUT2D eigenvalue weighted by Crippen LogP contribution is -2.42. The molecule has 0 unspecified atom stereocenters. The normalized spacial score (nSPS) is 15.1. The maximum absolute atomic E-state index is 13.6. The van der Waals surface area contributed by atoms with Crippen LogP contribution in [0.3, 0.4) is 0 Å². The number of hydrogen-bond acceptors (Lipinski definition) is 2. The van der Waals surface area contributed by atoms with Crippen LogP contribution < -0.4 is 5.32 Å². The third-order valence-corrected chi connectivity index (χ3v) is 4.23. The zero-order chi connectivity index (χ0) is 17.4. The molecule has 0 radical (unpaired) electrons. The van der Waals surface area contributed by atoms with E-state index in [0.29, 0.717) is 51.1 Å². The lowest BCUT2D eigenvalue weighted by molar-refractivity contribution is -0.131. The fraction of sp³-hybridized carbons (Fsp3) is 0.556. The Kier molecular flexibility index (Phi) is 7.03. The second-order valence-corrected chi connectivity index (χ2v) is 6.04. The van der Waals surface area contributed by atoms with E-state index in [4.69, 9.17) is 0 Å². The number of benzene rings is 1. The molecule has 5 nitrogen and oxygen atoms in total. The Balaban J connectivity index is 1.81. The second kappa shape index (κ2) is 9.25. The van der Waals surface area contributed by atoms with Crippen LogP contribution >= 0.6 is 0 Å².